The van der Waals surface area contributed by atoms with Crippen LogP contribution in [0.4, 0.5) is 0 Å². The van der Waals surface area contributed by atoms with Gasteiger partial charge in [0.25, 0.3) is 11.7 Å². The van der Waals surface area contributed by atoms with E-state index in [2.05, 4.69) is 0 Å². The zero-order valence-corrected chi connectivity index (χ0v) is 35.4. The molecule has 0 aromatic rings. The average molecular weight is 806 g/mol. The molecule has 0 aromatic heterocycles. The first-order valence-electron chi connectivity index (χ1n) is 20.8. The molecule has 0 aliphatic carbocycles. The largest absolute Gasteiger partial charge is 0.456 e. The maximum Gasteiger partial charge on any atom is 0.329 e. The van der Waals surface area contributed by atoms with E-state index in [1.54, 1.807) is 20.8 Å². The van der Waals surface area contributed by atoms with Crippen molar-refractivity contribution in [2.24, 2.45) is 29.6 Å². The average Bonchev–Trinajstić information content (AvgIpc) is 3.37. The minimum Gasteiger partial charge on any atom is -0.456 e. The Bertz CT molecular complexity index is 1490. The van der Waals surface area contributed by atoms with Crippen LogP contribution in [0.5, 0.6) is 0 Å². The Morgan fingerprint density at radius 2 is 1.63 bits per heavy atom. The highest BCUT2D eigenvalue weighted by atomic mass is 16.7. The molecule has 4 rings (SSSR count). The molecule has 14 heteroatoms. The van der Waals surface area contributed by atoms with Gasteiger partial charge in [0.15, 0.2) is 0 Å². The van der Waals surface area contributed by atoms with Crippen LogP contribution < -0.4 is 0 Å². The highest BCUT2D eigenvalue weighted by Gasteiger charge is 2.56. The number of carbonyl (C=O) groups is 5. The molecule has 3 saturated heterocycles. The summed E-state index contributed by atoms with van der Waals surface area (Å²) in [6.45, 7) is 11.1. The summed E-state index contributed by atoms with van der Waals surface area (Å²) in [5.74, 6) is -8.29. The third-order valence-electron chi connectivity index (χ3n) is 12.5. The number of hydrogen-bond acceptors (Lipinski definition) is 13. The number of aliphatic hydroxyl groups excluding tert-OH is 1. The van der Waals surface area contributed by atoms with Crippen molar-refractivity contribution in [3.05, 3.63) is 23.3 Å². The van der Waals surface area contributed by atoms with Crippen LogP contribution in [0, 0.1) is 29.6 Å². The summed E-state index contributed by atoms with van der Waals surface area (Å²) >= 11 is 0. The van der Waals surface area contributed by atoms with Crippen molar-refractivity contribution in [1.82, 2.24) is 4.90 Å². The highest BCUT2D eigenvalue weighted by Crippen LogP contribution is 2.39. The number of Topliss-reactive ketones (excluding diaryl/α,β-unsaturated/α-hetero) is 2. The van der Waals surface area contributed by atoms with Gasteiger partial charge in [-0.25, -0.2) is 4.79 Å². The van der Waals surface area contributed by atoms with E-state index >= 15 is 0 Å². The van der Waals surface area contributed by atoms with Crippen LogP contribution in [0.1, 0.15) is 112 Å². The summed E-state index contributed by atoms with van der Waals surface area (Å²) in [7, 11) is 4.50. The molecule has 1 amide bonds. The predicted molar refractivity (Wildman–Crippen MR) is 208 cm³/mol. The third-order valence-corrected chi connectivity index (χ3v) is 12.5. The molecule has 2 bridgehead atoms. The first kappa shape index (κ1) is 46.7. The first-order chi connectivity index (χ1) is 27.0. The van der Waals surface area contributed by atoms with Crippen LogP contribution in [0.2, 0.25) is 0 Å². The van der Waals surface area contributed by atoms with Gasteiger partial charge in [0.05, 0.1) is 18.3 Å². The van der Waals surface area contributed by atoms with Crippen LogP contribution in [0.15, 0.2) is 23.3 Å². The molecule has 4 heterocycles. The van der Waals surface area contributed by atoms with Crippen LogP contribution in [-0.2, 0) is 52.4 Å². The summed E-state index contributed by atoms with van der Waals surface area (Å²) in [6, 6.07) is -1.16. The highest BCUT2D eigenvalue weighted by molar-refractivity contribution is 6.39. The maximum atomic E-state index is 14.3. The number of ether oxygens (including phenoxy) is 6. The molecule has 0 aromatic carbocycles. The standard InChI is InChI=1S/C43H67NO13/c1-10-30-18-24(2)17-25(3)19-34(52-7)39-35(53-8)21-27(5)43(51,57-39)40(48)41(49)44-16-12-11-13-31(44)42(50)56-38(28(6)32(45)23-33(30)46)26(4)20-29-14-15-36(47)55-37(22-29)54-9/h18,20,25,27-32,34-35,37-39,45,51H,10-17,19,21-23H2,1-9H3/b24-18+,26-20+/t25-,27+,28+,29?,30+,31-,32-,34-,35-,37?,38+,39+,43+/m0/s1. The quantitative estimate of drug-likeness (QED) is 0.216. The van der Waals surface area contributed by atoms with Gasteiger partial charge in [0.1, 0.15) is 24.0 Å². The van der Waals surface area contributed by atoms with Crippen molar-refractivity contribution < 1.29 is 62.6 Å². The number of cyclic esters (lactones) is 2. The van der Waals surface area contributed by atoms with E-state index in [9.17, 15) is 34.2 Å². The summed E-state index contributed by atoms with van der Waals surface area (Å²) in [5.41, 5.74) is 1.56. The lowest BCUT2D eigenvalue weighted by Gasteiger charge is -2.47. The topological polar surface area (TPSA) is 184 Å². The molecule has 0 spiro atoms. The Morgan fingerprint density at radius 1 is 0.947 bits per heavy atom. The lowest BCUT2D eigenvalue weighted by atomic mass is 9.82. The number of esters is 2. The summed E-state index contributed by atoms with van der Waals surface area (Å²) in [4.78, 5) is 69.9. The zero-order chi connectivity index (χ0) is 42.2. The van der Waals surface area contributed by atoms with Crippen molar-refractivity contribution in [2.75, 3.05) is 27.9 Å². The number of allylic oxidation sites excluding steroid dienone is 3. The van der Waals surface area contributed by atoms with Crippen LogP contribution in [-0.4, -0.2) is 121 Å². The number of fused-ring (bicyclic) bond motifs is 3. The second kappa shape index (κ2) is 20.8. The Kier molecular flexibility index (Phi) is 17.0. The third kappa shape index (κ3) is 11.4. The molecule has 322 valence electrons. The van der Waals surface area contributed by atoms with Gasteiger partial charge in [-0.3, -0.25) is 19.2 Å². The Hall–Kier alpha value is -3.01. The lowest BCUT2D eigenvalue weighted by molar-refractivity contribution is -0.302. The molecule has 2 unspecified atom stereocenters. The van der Waals surface area contributed by atoms with Crippen molar-refractivity contribution in [3.63, 3.8) is 0 Å². The van der Waals surface area contributed by atoms with Gasteiger partial charge in [0.2, 0.25) is 12.1 Å². The fraction of sp³-hybridized carbons (Fsp3) is 0.791. The minimum atomic E-state index is -2.52. The summed E-state index contributed by atoms with van der Waals surface area (Å²) in [6.07, 6.45) is 2.69. The van der Waals surface area contributed by atoms with Gasteiger partial charge in [-0.15, -0.1) is 0 Å². The molecular formula is C43H67NO13. The van der Waals surface area contributed by atoms with Gasteiger partial charge < -0.3 is 43.5 Å². The molecule has 2 N–H and O–H groups in total. The first-order valence-corrected chi connectivity index (χ1v) is 20.8. The van der Waals surface area contributed by atoms with Gasteiger partial charge in [0, 0.05) is 64.9 Å². The fourth-order valence-electron chi connectivity index (χ4n) is 9.06. The van der Waals surface area contributed by atoms with Gasteiger partial charge in [-0.05, 0) is 82.6 Å². The van der Waals surface area contributed by atoms with E-state index in [1.807, 2.05) is 32.9 Å². The van der Waals surface area contributed by atoms with Crippen LogP contribution in [0.25, 0.3) is 0 Å². The molecule has 3 fully saturated rings. The molecule has 0 radical (unpaired) electrons. The number of aliphatic hydroxyl groups is 2. The number of methoxy groups -OCH3 is 3. The minimum absolute atomic E-state index is 0.0227. The smallest absolute Gasteiger partial charge is 0.329 e. The second-order valence-electron chi connectivity index (χ2n) is 16.9. The van der Waals surface area contributed by atoms with Gasteiger partial charge in [-0.2, -0.15) is 0 Å². The SMILES string of the molecule is CC[C@@H]1/C=C(\C)C[C@H](C)C[C@H](OC)[C@H]2O[C@@](O)(C(=O)C(=O)N3CCCC[C@H]3C(=O)O[C@H](/C(C)=C/C3CCC(=O)OC(OC)C3)[C@H](C)[C@@H](O)CC1=O)[C@H](C)C[C@@H]2OC. The number of piperidine rings is 1. The lowest BCUT2D eigenvalue weighted by Crippen LogP contribution is -2.64. The Morgan fingerprint density at radius 3 is 2.28 bits per heavy atom. The van der Waals surface area contributed by atoms with Crippen molar-refractivity contribution in [1.29, 1.82) is 0 Å². The van der Waals surface area contributed by atoms with Crippen molar-refractivity contribution in [3.8, 4) is 0 Å². The molecular weight excluding hydrogens is 738 g/mol. The van der Waals surface area contributed by atoms with E-state index in [0.717, 1.165) is 10.5 Å². The number of nitrogens with zero attached hydrogens (tertiary/aromatic N) is 1. The zero-order valence-electron chi connectivity index (χ0n) is 35.4. The number of hydrogen-bond donors (Lipinski definition) is 2. The van der Waals surface area contributed by atoms with Crippen LogP contribution in [0.3, 0.4) is 0 Å². The monoisotopic (exact) mass is 805 g/mol. The normalized spacial score (nSPS) is 39.8. The number of ketones is 2. The van der Waals surface area contributed by atoms with Gasteiger partial charge >= 0.3 is 11.9 Å². The molecule has 14 nitrogen and oxygen atoms in total. The Labute approximate surface area is 338 Å². The number of rotatable bonds is 6. The molecule has 57 heavy (non-hydrogen) atoms. The summed E-state index contributed by atoms with van der Waals surface area (Å²) < 4.78 is 34.9. The van der Waals surface area contributed by atoms with E-state index in [4.69, 9.17) is 28.4 Å². The van der Waals surface area contributed by atoms with E-state index in [0.29, 0.717) is 50.5 Å². The van der Waals surface area contributed by atoms with E-state index in [1.165, 1.54) is 21.3 Å². The number of amides is 1. The van der Waals surface area contributed by atoms with E-state index < -0.39 is 84.1 Å². The number of carbonyl (C=O) groups excluding carboxylic acids is 5. The second-order valence-corrected chi connectivity index (χ2v) is 16.9. The van der Waals surface area contributed by atoms with Crippen LogP contribution >= 0.6 is 0 Å². The van der Waals surface area contributed by atoms with E-state index in [-0.39, 0.29) is 55.8 Å². The molecule has 13 atom stereocenters. The molecule has 0 saturated carbocycles. The maximum absolute atomic E-state index is 14.3. The molecule has 4 aliphatic rings. The Balaban J connectivity index is 1.77. The summed E-state index contributed by atoms with van der Waals surface area (Å²) in [5, 5.41) is 23.7. The van der Waals surface area contributed by atoms with Crippen molar-refractivity contribution >= 4 is 29.4 Å². The fourth-order valence-corrected chi connectivity index (χ4v) is 9.06. The predicted octanol–water partition coefficient (Wildman–Crippen LogP) is 4.61. The van der Waals surface area contributed by atoms with Gasteiger partial charge in [-0.1, -0.05) is 45.4 Å². The van der Waals surface area contributed by atoms with Crippen molar-refractivity contribution in [2.45, 2.75) is 161 Å². The molecule has 4 aliphatic heterocycles.